The summed E-state index contributed by atoms with van der Waals surface area (Å²) >= 11 is 0. The number of aliphatic imine (C=N–C) groups is 1. The van der Waals surface area contributed by atoms with Crippen molar-refractivity contribution in [2.24, 2.45) is 15.2 Å². The molecule has 374 valence electrons. The van der Waals surface area contributed by atoms with E-state index in [-0.39, 0.29) is 11.5 Å². The Kier molecular flexibility index (Phi) is 26.8. The van der Waals surface area contributed by atoms with E-state index in [1.807, 2.05) is 54.6 Å². The van der Waals surface area contributed by atoms with Gasteiger partial charge in [0, 0.05) is 6.21 Å². The van der Waals surface area contributed by atoms with Crippen molar-refractivity contribution in [2.45, 2.75) is 168 Å². The first-order valence-electron chi connectivity index (χ1n) is 26.7. The molecule has 0 fully saturated rings. The molecule has 0 N–H and O–H groups in total. The summed E-state index contributed by atoms with van der Waals surface area (Å²) in [7, 11) is 0. The summed E-state index contributed by atoms with van der Waals surface area (Å²) in [6, 6.07) is 35.7. The number of hydrogen-bond donors (Lipinski definition) is 0. The Morgan fingerprint density at radius 2 is 0.786 bits per heavy atom. The molecule has 0 spiro atoms. The van der Waals surface area contributed by atoms with Gasteiger partial charge in [0.2, 0.25) is 0 Å². The fraction of sp³-hybridized carbons (Fsp3) is 0.459. The average Bonchev–Trinajstić information content (AvgIpc) is 3.39. The highest BCUT2D eigenvalue weighted by Gasteiger charge is 2.18. The highest BCUT2D eigenvalue weighted by atomic mass is 16.6. The normalized spacial score (nSPS) is 11.3. The maximum Gasteiger partial charge on any atom is 0.343 e. The Morgan fingerprint density at radius 1 is 0.400 bits per heavy atom. The van der Waals surface area contributed by atoms with Gasteiger partial charge in [-0.05, 0) is 122 Å². The van der Waals surface area contributed by atoms with Gasteiger partial charge >= 0.3 is 11.9 Å². The standard InChI is InChI=1S/C61H79N3O6/c1-3-5-7-9-11-13-15-17-19-21-23-28-46-67-56-41-33-51(34-42-56)60(65)69-58-45-32-50(49-62-53-37-39-55(40-38-53)64-63-54-30-26-25-27-31-54)48-59(58)70-61(66)52-35-43-57(44-36-52)68-47-29-24-22-20-18-16-14-12-10-8-6-4-2/h25-27,30-45,48-49H,3-24,28-29,46-47H2,1-2H3. The quantitative estimate of drug-likeness (QED) is 0.0130. The van der Waals surface area contributed by atoms with Crippen molar-refractivity contribution in [3.05, 3.63) is 138 Å². The number of rotatable bonds is 36. The van der Waals surface area contributed by atoms with Gasteiger partial charge in [0.15, 0.2) is 11.5 Å². The zero-order valence-corrected chi connectivity index (χ0v) is 42.3. The molecule has 0 aliphatic heterocycles. The number of hydrogen-bond acceptors (Lipinski definition) is 9. The van der Waals surface area contributed by atoms with Crippen LogP contribution >= 0.6 is 0 Å². The van der Waals surface area contributed by atoms with E-state index < -0.39 is 11.9 Å². The van der Waals surface area contributed by atoms with Crippen molar-refractivity contribution in [3.63, 3.8) is 0 Å². The van der Waals surface area contributed by atoms with Crippen LogP contribution in [-0.4, -0.2) is 31.4 Å². The first-order valence-corrected chi connectivity index (χ1v) is 26.7. The number of carbonyl (C=O) groups is 2. The topological polar surface area (TPSA) is 108 Å². The molecule has 0 amide bonds. The zero-order chi connectivity index (χ0) is 49.1. The maximum absolute atomic E-state index is 13.6. The maximum atomic E-state index is 13.6. The number of ether oxygens (including phenoxy) is 4. The molecule has 9 heteroatoms. The fourth-order valence-electron chi connectivity index (χ4n) is 8.09. The van der Waals surface area contributed by atoms with E-state index in [4.69, 9.17) is 18.9 Å². The summed E-state index contributed by atoms with van der Waals surface area (Å²) in [6.45, 7) is 5.79. The highest BCUT2D eigenvalue weighted by molar-refractivity contribution is 5.94. The minimum atomic E-state index is -0.603. The molecular weight excluding hydrogens is 871 g/mol. The van der Waals surface area contributed by atoms with Crippen molar-refractivity contribution in [1.29, 1.82) is 0 Å². The van der Waals surface area contributed by atoms with Crippen molar-refractivity contribution in [1.82, 2.24) is 0 Å². The van der Waals surface area contributed by atoms with Gasteiger partial charge in [-0.15, -0.1) is 0 Å². The third kappa shape index (κ3) is 22.6. The van der Waals surface area contributed by atoms with Crippen LogP contribution in [0.4, 0.5) is 17.1 Å². The second-order valence-electron chi connectivity index (χ2n) is 18.3. The lowest BCUT2D eigenvalue weighted by atomic mass is 10.1. The van der Waals surface area contributed by atoms with Gasteiger partial charge in [0.1, 0.15) is 11.5 Å². The first kappa shape index (κ1) is 54.8. The van der Waals surface area contributed by atoms with E-state index >= 15 is 0 Å². The summed E-state index contributed by atoms with van der Waals surface area (Å²) in [4.78, 5) is 31.7. The molecule has 0 aliphatic rings. The fourth-order valence-corrected chi connectivity index (χ4v) is 8.09. The van der Waals surface area contributed by atoms with E-state index in [9.17, 15) is 9.59 Å². The van der Waals surface area contributed by atoms with Crippen LogP contribution in [0.5, 0.6) is 23.0 Å². The van der Waals surface area contributed by atoms with E-state index in [0.717, 1.165) is 31.4 Å². The lowest BCUT2D eigenvalue weighted by Crippen LogP contribution is -2.13. The van der Waals surface area contributed by atoms with Gasteiger partial charge in [-0.25, -0.2) is 9.59 Å². The summed E-state index contributed by atoms with van der Waals surface area (Å²) in [5, 5.41) is 8.59. The van der Waals surface area contributed by atoms with Crippen LogP contribution in [-0.2, 0) is 0 Å². The Morgan fingerprint density at radius 3 is 1.23 bits per heavy atom. The van der Waals surface area contributed by atoms with Crippen molar-refractivity contribution in [2.75, 3.05) is 13.2 Å². The molecule has 5 aromatic rings. The van der Waals surface area contributed by atoms with E-state index in [1.54, 1.807) is 72.9 Å². The first-order chi connectivity index (χ1) is 34.5. The van der Waals surface area contributed by atoms with Crippen LogP contribution < -0.4 is 18.9 Å². The minimum absolute atomic E-state index is 0.0774. The van der Waals surface area contributed by atoms with Crippen molar-refractivity contribution < 1.29 is 28.5 Å². The van der Waals surface area contributed by atoms with Gasteiger partial charge in [-0.1, -0.05) is 173 Å². The van der Waals surface area contributed by atoms with Gasteiger partial charge in [-0.3, -0.25) is 4.99 Å². The zero-order valence-electron chi connectivity index (χ0n) is 42.3. The van der Waals surface area contributed by atoms with Gasteiger partial charge in [0.05, 0.1) is 41.4 Å². The molecule has 0 atom stereocenters. The predicted molar refractivity (Wildman–Crippen MR) is 287 cm³/mol. The second-order valence-corrected chi connectivity index (χ2v) is 18.3. The largest absolute Gasteiger partial charge is 0.494 e. The average molecular weight is 950 g/mol. The molecule has 9 nitrogen and oxygen atoms in total. The Balaban J connectivity index is 1.12. The van der Waals surface area contributed by atoms with Gasteiger partial charge in [0.25, 0.3) is 0 Å². The van der Waals surface area contributed by atoms with Crippen LogP contribution in [0.1, 0.15) is 194 Å². The van der Waals surface area contributed by atoms with E-state index in [0.29, 0.717) is 52.8 Å². The van der Waals surface area contributed by atoms with Gasteiger partial charge < -0.3 is 18.9 Å². The monoisotopic (exact) mass is 950 g/mol. The van der Waals surface area contributed by atoms with Crippen LogP contribution in [0.25, 0.3) is 0 Å². The molecule has 0 aliphatic carbocycles. The number of carbonyl (C=O) groups excluding carboxylic acids is 2. The molecule has 0 aromatic heterocycles. The summed E-state index contributed by atoms with van der Waals surface area (Å²) in [5.74, 6) is 0.372. The van der Waals surface area contributed by atoms with Crippen molar-refractivity contribution >= 4 is 35.2 Å². The molecular formula is C61H79N3O6. The third-order valence-electron chi connectivity index (χ3n) is 12.3. The van der Waals surface area contributed by atoms with E-state index in [2.05, 4.69) is 29.1 Å². The molecule has 70 heavy (non-hydrogen) atoms. The Hall–Kier alpha value is -6.09. The van der Waals surface area contributed by atoms with E-state index in [1.165, 1.54) is 128 Å². The highest BCUT2D eigenvalue weighted by Crippen LogP contribution is 2.31. The minimum Gasteiger partial charge on any atom is -0.494 e. The number of unbranched alkanes of at least 4 members (excludes halogenated alkanes) is 22. The molecule has 0 bridgehead atoms. The predicted octanol–water partition coefficient (Wildman–Crippen LogP) is 18.5. The lowest BCUT2D eigenvalue weighted by molar-refractivity contribution is 0.0682. The van der Waals surface area contributed by atoms with Crippen LogP contribution in [0.15, 0.2) is 137 Å². The summed E-state index contributed by atoms with van der Waals surface area (Å²) in [5.41, 5.74) is 3.45. The smallest absolute Gasteiger partial charge is 0.343 e. The SMILES string of the molecule is CCCCCCCCCCCCCCOc1ccc(C(=O)Oc2ccc(C=Nc3ccc(N=Nc4ccccc4)cc3)cc2OC(=O)c2ccc(OCCCCCCCCCCCCCC)cc2)cc1. The van der Waals surface area contributed by atoms with Gasteiger partial charge in [-0.2, -0.15) is 10.2 Å². The molecule has 5 rings (SSSR count). The number of esters is 2. The van der Waals surface area contributed by atoms with Crippen LogP contribution in [0.2, 0.25) is 0 Å². The van der Waals surface area contributed by atoms with Crippen LogP contribution in [0, 0.1) is 0 Å². The molecule has 5 aromatic carbocycles. The van der Waals surface area contributed by atoms with Crippen LogP contribution in [0.3, 0.4) is 0 Å². The lowest BCUT2D eigenvalue weighted by Gasteiger charge is -2.12. The Bertz CT molecular complexity index is 2240. The summed E-state index contributed by atoms with van der Waals surface area (Å²) < 4.78 is 23.8. The Labute approximate surface area is 419 Å². The third-order valence-corrected chi connectivity index (χ3v) is 12.3. The second kappa shape index (κ2) is 34.2. The number of azo groups is 1. The molecule has 0 radical (unpaired) electrons. The number of benzene rings is 5. The molecule has 0 unspecified atom stereocenters. The molecule has 0 saturated carbocycles. The van der Waals surface area contributed by atoms with Crippen molar-refractivity contribution in [3.8, 4) is 23.0 Å². The summed E-state index contributed by atoms with van der Waals surface area (Å²) in [6.07, 6.45) is 32.6. The number of nitrogens with zero attached hydrogens (tertiary/aromatic N) is 3. The molecule has 0 heterocycles. The molecule has 0 saturated heterocycles.